The third-order valence-corrected chi connectivity index (χ3v) is 5.24. The Morgan fingerprint density at radius 2 is 1.76 bits per heavy atom. The van der Waals surface area contributed by atoms with Crippen molar-refractivity contribution in [3.05, 3.63) is 106 Å². The highest BCUT2D eigenvalue weighted by atomic mass is 35.5. The molecule has 0 saturated carbocycles. The maximum atomic E-state index is 11.1. The monoisotopic (exact) mass is 473 g/mol. The van der Waals surface area contributed by atoms with Crippen molar-refractivity contribution in [2.45, 2.75) is 20.0 Å². The van der Waals surface area contributed by atoms with Gasteiger partial charge in [-0.15, -0.1) is 6.58 Å². The number of ether oxygens (including phenoxy) is 2. The van der Waals surface area contributed by atoms with Crippen LogP contribution in [0, 0.1) is 11.3 Å². The first-order valence-corrected chi connectivity index (χ1v) is 11.1. The van der Waals surface area contributed by atoms with Gasteiger partial charge in [0, 0.05) is 10.6 Å². The van der Waals surface area contributed by atoms with Crippen LogP contribution in [0.15, 0.2) is 73.3 Å². The predicted molar refractivity (Wildman–Crippen MR) is 134 cm³/mol. The molecule has 0 amide bonds. The van der Waals surface area contributed by atoms with E-state index in [1.54, 1.807) is 24.3 Å². The van der Waals surface area contributed by atoms with Crippen molar-refractivity contribution in [3.63, 3.8) is 0 Å². The van der Waals surface area contributed by atoms with Crippen LogP contribution in [0.4, 0.5) is 0 Å². The van der Waals surface area contributed by atoms with Crippen LogP contribution >= 0.6 is 11.6 Å². The number of carboxylic acids is 1. The SMILES string of the molecule is C=CCc1cc(/C=C(/C#N)c2ccc(C(=O)O)cc2)cc(OCC)c1OCc1ccc(Cl)cc1. The van der Waals surface area contributed by atoms with Crippen LogP contribution in [0.2, 0.25) is 5.02 Å². The van der Waals surface area contributed by atoms with Gasteiger partial charge in [0.1, 0.15) is 6.61 Å². The molecule has 0 unspecified atom stereocenters. The summed E-state index contributed by atoms with van der Waals surface area (Å²) < 4.78 is 12.0. The van der Waals surface area contributed by atoms with E-state index < -0.39 is 5.97 Å². The summed E-state index contributed by atoms with van der Waals surface area (Å²) in [4.78, 5) is 11.1. The molecule has 0 fully saturated rings. The van der Waals surface area contributed by atoms with Gasteiger partial charge in [0.25, 0.3) is 0 Å². The lowest BCUT2D eigenvalue weighted by atomic mass is 10.00. The summed E-state index contributed by atoms with van der Waals surface area (Å²) in [6.45, 7) is 6.53. The van der Waals surface area contributed by atoms with Gasteiger partial charge in [-0.25, -0.2) is 4.79 Å². The highest BCUT2D eigenvalue weighted by Gasteiger charge is 2.14. The fourth-order valence-electron chi connectivity index (χ4n) is 3.38. The minimum atomic E-state index is -1.02. The summed E-state index contributed by atoms with van der Waals surface area (Å²) in [5.41, 5.74) is 3.79. The van der Waals surface area contributed by atoms with E-state index in [-0.39, 0.29) is 5.56 Å². The average molecular weight is 474 g/mol. The molecule has 6 heteroatoms. The molecule has 0 aliphatic carbocycles. The Bertz CT molecular complexity index is 1240. The maximum Gasteiger partial charge on any atom is 0.335 e. The third-order valence-electron chi connectivity index (χ3n) is 4.99. The van der Waals surface area contributed by atoms with Gasteiger partial charge in [-0.1, -0.05) is 41.9 Å². The number of hydrogen-bond donors (Lipinski definition) is 1. The van der Waals surface area contributed by atoms with Gasteiger partial charge in [0.2, 0.25) is 0 Å². The molecule has 34 heavy (non-hydrogen) atoms. The molecule has 172 valence electrons. The van der Waals surface area contributed by atoms with Gasteiger partial charge >= 0.3 is 5.97 Å². The molecule has 3 rings (SSSR count). The second-order valence-electron chi connectivity index (χ2n) is 7.40. The fourth-order valence-corrected chi connectivity index (χ4v) is 3.50. The zero-order valence-corrected chi connectivity index (χ0v) is 19.5. The Kier molecular flexibility index (Phi) is 8.50. The fraction of sp³-hybridized carbons (Fsp3) is 0.143. The van der Waals surface area contributed by atoms with E-state index in [4.69, 9.17) is 26.2 Å². The first-order valence-electron chi connectivity index (χ1n) is 10.7. The van der Waals surface area contributed by atoms with E-state index in [1.807, 2.05) is 43.3 Å². The second-order valence-corrected chi connectivity index (χ2v) is 7.84. The number of hydrogen-bond acceptors (Lipinski definition) is 4. The first-order chi connectivity index (χ1) is 16.4. The van der Waals surface area contributed by atoms with Crippen LogP contribution in [0.25, 0.3) is 11.6 Å². The van der Waals surface area contributed by atoms with Crippen LogP contribution in [0.5, 0.6) is 11.5 Å². The van der Waals surface area contributed by atoms with Gasteiger partial charge in [0.05, 0.1) is 23.8 Å². The largest absolute Gasteiger partial charge is 0.490 e. The lowest BCUT2D eigenvalue weighted by molar-refractivity contribution is 0.0697. The number of aromatic carboxylic acids is 1. The van der Waals surface area contributed by atoms with Gasteiger partial charge < -0.3 is 14.6 Å². The molecule has 0 bridgehead atoms. The van der Waals surface area contributed by atoms with Crippen molar-refractivity contribution >= 4 is 29.2 Å². The summed E-state index contributed by atoms with van der Waals surface area (Å²) >= 11 is 5.97. The minimum absolute atomic E-state index is 0.162. The van der Waals surface area contributed by atoms with E-state index >= 15 is 0 Å². The van der Waals surface area contributed by atoms with Crippen LogP contribution < -0.4 is 9.47 Å². The van der Waals surface area contributed by atoms with Crippen molar-refractivity contribution in [1.29, 1.82) is 5.26 Å². The number of rotatable bonds is 10. The summed E-state index contributed by atoms with van der Waals surface area (Å²) in [6.07, 6.45) is 4.07. The first kappa shape index (κ1) is 24.6. The Morgan fingerprint density at radius 1 is 1.09 bits per heavy atom. The molecule has 0 radical (unpaired) electrons. The quantitative estimate of drug-likeness (QED) is 0.199. The Morgan fingerprint density at radius 3 is 2.35 bits per heavy atom. The van der Waals surface area contributed by atoms with E-state index in [1.165, 1.54) is 12.1 Å². The lowest BCUT2D eigenvalue weighted by Gasteiger charge is -2.17. The van der Waals surface area contributed by atoms with E-state index in [2.05, 4.69) is 12.6 Å². The van der Waals surface area contributed by atoms with Gasteiger partial charge in [0.15, 0.2) is 11.5 Å². The molecule has 0 heterocycles. The molecular formula is C28H24ClNO4. The molecule has 0 saturated heterocycles. The minimum Gasteiger partial charge on any atom is -0.490 e. The normalized spacial score (nSPS) is 10.9. The maximum absolute atomic E-state index is 11.1. The van der Waals surface area contributed by atoms with Gasteiger partial charge in [-0.3, -0.25) is 0 Å². The lowest BCUT2D eigenvalue weighted by Crippen LogP contribution is -2.03. The third kappa shape index (κ3) is 6.28. The number of allylic oxidation sites excluding steroid dienone is 2. The number of benzene rings is 3. The topological polar surface area (TPSA) is 79.6 Å². The highest BCUT2D eigenvalue weighted by Crippen LogP contribution is 2.36. The van der Waals surface area contributed by atoms with E-state index in [9.17, 15) is 10.1 Å². The average Bonchev–Trinajstić information content (AvgIpc) is 2.83. The van der Waals surface area contributed by atoms with E-state index in [0.29, 0.717) is 47.3 Å². The van der Waals surface area contributed by atoms with Crippen LogP contribution in [0.1, 0.15) is 39.5 Å². The summed E-state index contributed by atoms with van der Waals surface area (Å²) in [5, 5.41) is 19.5. The number of halogens is 1. The summed E-state index contributed by atoms with van der Waals surface area (Å²) in [5.74, 6) is 0.178. The standard InChI is InChI=1S/C28H24ClNO4/c1-3-5-23-14-20(15-24(17-30)21-8-10-22(11-9-21)28(31)32)16-26(33-4-2)27(23)34-18-19-6-12-25(29)13-7-19/h3,6-16H,1,4-5,18H2,2H3,(H,31,32)/b24-15-. The van der Waals surface area contributed by atoms with Crippen LogP contribution in [0.3, 0.4) is 0 Å². The Balaban J connectivity index is 1.98. The molecule has 0 spiro atoms. The van der Waals surface area contributed by atoms with Crippen LogP contribution in [-0.2, 0) is 13.0 Å². The van der Waals surface area contributed by atoms with Crippen LogP contribution in [-0.4, -0.2) is 17.7 Å². The van der Waals surface area contributed by atoms with Gasteiger partial charge in [-0.05, 0) is 72.5 Å². The molecule has 1 N–H and O–H groups in total. The highest BCUT2D eigenvalue weighted by molar-refractivity contribution is 6.30. The summed E-state index contributed by atoms with van der Waals surface area (Å²) in [7, 11) is 0. The molecule has 0 aromatic heterocycles. The van der Waals surface area contributed by atoms with Gasteiger partial charge in [-0.2, -0.15) is 5.26 Å². The van der Waals surface area contributed by atoms with Crippen molar-refractivity contribution in [2.75, 3.05) is 6.61 Å². The molecule has 5 nitrogen and oxygen atoms in total. The van der Waals surface area contributed by atoms with Crippen molar-refractivity contribution in [3.8, 4) is 17.6 Å². The van der Waals surface area contributed by atoms with Crippen molar-refractivity contribution in [1.82, 2.24) is 0 Å². The number of carboxylic acid groups (broad SMARTS) is 1. The zero-order chi connectivity index (χ0) is 24.5. The molecule has 0 atom stereocenters. The Hall–Kier alpha value is -4.01. The molecule has 3 aromatic carbocycles. The van der Waals surface area contributed by atoms with Crippen molar-refractivity contribution < 1.29 is 19.4 Å². The Labute approximate surface area is 204 Å². The second kappa shape index (κ2) is 11.7. The van der Waals surface area contributed by atoms with Crippen molar-refractivity contribution in [2.24, 2.45) is 0 Å². The summed E-state index contributed by atoms with van der Waals surface area (Å²) in [6, 6.07) is 19.6. The number of nitriles is 1. The predicted octanol–water partition coefficient (Wildman–Crippen LogP) is 6.81. The molecule has 3 aromatic rings. The number of nitrogens with zero attached hydrogens (tertiary/aromatic N) is 1. The number of carbonyl (C=O) groups is 1. The molecular weight excluding hydrogens is 450 g/mol. The smallest absolute Gasteiger partial charge is 0.335 e. The molecule has 0 aliphatic rings. The molecule has 0 aliphatic heterocycles. The zero-order valence-electron chi connectivity index (χ0n) is 18.8. The van der Waals surface area contributed by atoms with E-state index in [0.717, 1.165) is 16.7 Å².